The van der Waals surface area contributed by atoms with Crippen LogP contribution in [0.2, 0.25) is 0 Å². The normalized spacial score (nSPS) is 18.3. The Morgan fingerprint density at radius 2 is 1.89 bits per heavy atom. The molecule has 1 aliphatic heterocycles. The minimum absolute atomic E-state index is 0.0103. The molecule has 35 heavy (non-hydrogen) atoms. The van der Waals surface area contributed by atoms with Gasteiger partial charge >= 0.3 is 0 Å². The lowest BCUT2D eigenvalue weighted by Gasteiger charge is -2.23. The third kappa shape index (κ3) is 5.67. The van der Waals surface area contributed by atoms with E-state index >= 15 is 0 Å². The van der Waals surface area contributed by atoms with Gasteiger partial charge in [-0.2, -0.15) is 0 Å². The molecule has 3 aromatic rings. The highest BCUT2D eigenvalue weighted by atomic mass is 19.1. The summed E-state index contributed by atoms with van der Waals surface area (Å²) in [4.78, 5) is 29.0. The average Bonchev–Trinajstić information content (AvgIpc) is 3.24. The van der Waals surface area contributed by atoms with Crippen LogP contribution in [0.5, 0.6) is 0 Å². The fourth-order valence-corrected chi connectivity index (χ4v) is 4.19. The summed E-state index contributed by atoms with van der Waals surface area (Å²) >= 11 is 0. The minimum Gasteiger partial charge on any atom is -0.392 e. The van der Waals surface area contributed by atoms with Crippen LogP contribution in [0.3, 0.4) is 0 Å². The van der Waals surface area contributed by atoms with Crippen LogP contribution in [0.15, 0.2) is 54.7 Å². The molecule has 3 unspecified atom stereocenters. The predicted octanol–water partition coefficient (Wildman–Crippen LogP) is 2.39. The summed E-state index contributed by atoms with van der Waals surface area (Å²) in [7, 11) is 0. The van der Waals surface area contributed by atoms with Gasteiger partial charge in [0.25, 0.3) is 5.91 Å². The smallest absolute Gasteiger partial charge is 0.251 e. The van der Waals surface area contributed by atoms with E-state index in [1.54, 1.807) is 12.1 Å². The molecule has 1 fully saturated rings. The summed E-state index contributed by atoms with van der Waals surface area (Å²) in [6, 6.07) is 8.69. The number of nitrogens with one attached hydrogen (secondary N) is 2. The van der Waals surface area contributed by atoms with E-state index in [0.717, 1.165) is 24.3 Å². The highest BCUT2D eigenvalue weighted by Crippen LogP contribution is 2.30. The molecule has 182 valence electrons. The van der Waals surface area contributed by atoms with Crippen molar-refractivity contribution in [1.82, 2.24) is 15.6 Å². The topological polar surface area (TPSA) is 117 Å². The summed E-state index contributed by atoms with van der Waals surface area (Å²) in [5.41, 5.74) is 6.48. The number of amides is 2. The molecule has 2 amide bonds. The van der Waals surface area contributed by atoms with Gasteiger partial charge in [-0.15, -0.1) is 0 Å². The van der Waals surface area contributed by atoms with Crippen molar-refractivity contribution in [2.75, 3.05) is 6.54 Å². The quantitative estimate of drug-likeness (QED) is 0.411. The first-order chi connectivity index (χ1) is 16.7. The maximum Gasteiger partial charge on any atom is 0.251 e. The minimum atomic E-state index is -0.944. The summed E-state index contributed by atoms with van der Waals surface area (Å²) in [5, 5.41) is 15.6. The maximum atomic E-state index is 14.1. The van der Waals surface area contributed by atoms with Crippen molar-refractivity contribution in [3.05, 3.63) is 89.0 Å². The van der Waals surface area contributed by atoms with Crippen LogP contribution in [0.25, 0.3) is 11.1 Å². The van der Waals surface area contributed by atoms with E-state index in [1.807, 2.05) is 0 Å². The third-order valence-corrected chi connectivity index (χ3v) is 5.81. The van der Waals surface area contributed by atoms with Crippen LogP contribution >= 0.6 is 0 Å². The molecule has 0 saturated carbocycles. The van der Waals surface area contributed by atoms with Crippen molar-refractivity contribution in [2.24, 2.45) is 5.73 Å². The van der Waals surface area contributed by atoms with Crippen molar-refractivity contribution >= 4 is 11.8 Å². The fourth-order valence-electron chi connectivity index (χ4n) is 4.19. The number of primary amides is 1. The molecule has 10 heteroatoms. The highest BCUT2D eigenvalue weighted by molar-refractivity contribution is 5.94. The number of carbonyl (C=O) groups excluding carboxylic acids is 2. The Balaban J connectivity index is 1.75. The van der Waals surface area contributed by atoms with Gasteiger partial charge in [0.05, 0.1) is 29.4 Å². The summed E-state index contributed by atoms with van der Waals surface area (Å²) in [6.07, 6.45) is 1.02. The first-order valence-electron chi connectivity index (χ1n) is 10.9. The summed E-state index contributed by atoms with van der Waals surface area (Å²) < 4.78 is 41.8. The Hall–Kier alpha value is -3.76. The molecule has 5 N–H and O–H groups in total. The summed E-state index contributed by atoms with van der Waals surface area (Å²) in [5.74, 6) is -3.68. The van der Waals surface area contributed by atoms with Crippen LogP contribution in [-0.4, -0.2) is 40.6 Å². The Bertz CT molecular complexity index is 1250. The average molecular weight is 484 g/mol. The molecule has 0 aliphatic carbocycles. The summed E-state index contributed by atoms with van der Waals surface area (Å²) in [6.45, 7) is 0.262. The largest absolute Gasteiger partial charge is 0.392 e. The van der Waals surface area contributed by atoms with E-state index < -0.39 is 47.5 Å². The molecule has 2 heterocycles. The SMILES string of the molecule is NC(=O)c1cc(-c2cccnc2C(Cc2cc(F)cc(F)c2)NC(=O)C2CC(O)CN2)ccc1F. The van der Waals surface area contributed by atoms with E-state index in [4.69, 9.17) is 5.73 Å². The number of aliphatic hydroxyl groups excluding tert-OH is 1. The Morgan fingerprint density at radius 3 is 2.54 bits per heavy atom. The first-order valence-corrected chi connectivity index (χ1v) is 10.9. The Labute approximate surface area is 199 Å². The van der Waals surface area contributed by atoms with E-state index in [1.165, 1.54) is 18.3 Å². The number of halogens is 3. The van der Waals surface area contributed by atoms with Gasteiger partial charge in [-0.3, -0.25) is 14.6 Å². The lowest BCUT2D eigenvalue weighted by atomic mass is 9.94. The lowest BCUT2D eigenvalue weighted by Crippen LogP contribution is -2.43. The molecular formula is C25H23F3N4O3. The standard InChI is InChI=1S/C25H23F3N4O3/c26-15-6-13(7-16(27)10-15)8-21(32-25(35)22-11-17(33)12-31-22)23-18(2-1-5-30-23)14-3-4-20(28)19(9-14)24(29)34/h1-7,9-10,17,21-22,31,33H,8,11-12H2,(H2,29,34)(H,32,35). The van der Waals surface area contributed by atoms with Crippen LogP contribution in [0.4, 0.5) is 13.2 Å². The molecule has 4 rings (SSSR count). The second kappa shape index (κ2) is 10.2. The molecular weight excluding hydrogens is 461 g/mol. The number of hydrogen-bond acceptors (Lipinski definition) is 5. The van der Waals surface area contributed by atoms with Crippen LogP contribution in [0, 0.1) is 17.5 Å². The van der Waals surface area contributed by atoms with Crippen molar-refractivity contribution in [3.63, 3.8) is 0 Å². The van der Waals surface area contributed by atoms with Gasteiger partial charge in [-0.25, -0.2) is 13.2 Å². The number of β-amino-alcohol motifs (C(OH)–C–C–N with tert-alkyl or cyclic N) is 1. The van der Waals surface area contributed by atoms with Gasteiger partial charge in [-0.05, 0) is 54.3 Å². The molecule has 1 aromatic heterocycles. The zero-order chi connectivity index (χ0) is 25.1. The fraction of sp³-hybridized carbons (Fsp3) is 0.240. The molecule has 3 atom stereocenters. The zero-order valence-electron chi connectivity index (χ0n) is 18.5. The molecule has 0 bridgehead atoms. The van der Waals surface area contributed by atoms with Crippen molar-refractivity contribution in [3.8, 4) is 11.1 Å². The van der Waals surface area contributed by atoms with E-state index in [2.05, 4.69) is 15.6 Å². The predicted molar refractivity (Wildman–Crippen MR) is 122 cm³/mol. The van der Waals surface area contributed by atoms with Gasteiger partial charge in [0.15, 0.2) is 0 Å². The number of nitrogens with zero attached hydrogens (tertiary/aromatic N) is 1. The van der Waals surface area contributed by atoms with Gasteiger partial charge in [-0.1, -0.05) is 12.1 Å². The molecule has 1 saturated heterocycles. The monoisotopic (exact) mass is 484 g/mol. The van der Waals surface area contributed by atoms with Crippen LogP contribution in [-0.2, 0) is 11.2 Å². The zero-order valence-corrected chi connectivity index (χ0v) is 18.5. The van der Waals surface area contributed by atoms with Gasteiger partial charge in [0.1, 0.15) is 17.5 Å². The number of rotatable bonds is 7. The number of nitrogens with two attached hydrogens (primary N) is 1. The van der Waals surface area contributed by atoms with Crippen LogP contribution in [0.1, 0.15) is 34.1 Å². The molecule has 0 spiro atoms. The Kier molecular flexibility index (Phi) is 7.13. The lowest BCUT2D eigenvalue weighted by molar-refractivity contribution is -0.123. The third-order valence-electron chi connectivity index (χ3n) is 5.81. The number of carbonyl (C=O) groups is 2. The number of pyridine rings is 1. The second-order valence-electron chi connectivity index (χ2n) is 8.39. The second-order valence-corrected chi connectivity index (χ2v) is 8.39. The van der Waals surface area contributed by atoms with Gasteiger partial charge < -0.3 is 21.5 Å². The number of benzene rings is 2. The molecule has 0 radical (unpaired) electrons. The van der Waals surface area contributed by atoms with Gasteiger partial charge in [0, 0.05) is 24.4 Å². The maximum absolute atomic E-state index is 14.1. The van der Waals surface area contributed by atoms with E-state index in [-0.39, 0.29) is 30.5 Å². The first kappa shape index (κ1) is 24.4. The number of hydrogen-bond donors (Lipinski definition) is 4. The number of aromatic nitrogens is 1. The van der Waals surface area contributed by atoms with E-state index in [0.29, 0.717) is 16.8 Å². The van der Waals surface area contributed by atoms with E-state index in [9.17, 15) is 27.9 Å². The van der Waals surface area contributed by atoms with Crippen molar-refractivity contribution in [1.29, 1.82) is 0 Å². The molecule has 7 nitrogen and oxygen atoms in total. The number of aliphatic hydroxyl groups is 1. The molecule has 2 aromatic carbocycles. The Morgan fingerprint density at radius 1 is 1.14 bits per heavy atom. The molecule has 1 aliphatic rings. The van der Waals surface area contributed by atoms with Crippen molar-refractivity contribution in [2.45, 2.75) is 31.0 Å². The highest BCUT2D eigenvalue weighted by Gasteiger charge is 2.31. The van der Waals surface area contributed by atoms with Crippen molar-refractivity contribution < 1.29 is 27.9 Å². The van der Waals surface area contributed by atoms with Gasteiger partial charge in [0.2, 0.25) is 5.91 Å². The van der Waals surface area contributed by atoms with Crippen LogP contribution < -0.4 is 16.4 Å².